The lowest BCUT2D eigenvalue weighted by atomic mass is 9.98. The van der Waals surface area contributed by atoms with E-state index in [0.717, 1.165) is 23.0 Å². The largest absolute Gasteiger partial charge is 0.317 e. The van der Waals surface area contributed by atoms with E-state index in [0.29, 0.717) is 0 Å². The van der Waals surface area contributed by atoms with Crippen LogP contribution in [0.4, 0.5) is 0 Å². The van der Waals surface area contributed by atoms with Gasteiger partial charge < -0.3 is 10.6 Å². The Morgan fingerprint density at radius 2 is 1.67 bits per heavy atom. The number of thioether (sulfide) groups is 1. The molecule has 1 saturated heterocycles. The summed E-state index contributed by atoms with van der Waals surface area (Å²) in [6.07, 6.45) is 8.83. The normalized spacial score (nSPS) is 25.8. The zero-order chi connectivity index (χ0) is 12.2. The van der Waals surface area contributed by atoms with Crippen LogP contribution in [0.2, 0.25) is 0 Å². The van der Waals surface area contributed by atoms with Gasteiger partial charge in [0.05, 0.1) is 0 Å². The first-order chi connectivity index (χ1) is 8.93. The fourth-order valence-corrected chi connectivity index (χ4v) is 4.46. The maximum absolute atomic E-state index is 3.73. The highest BCUT2D eigenvalue weighted by Crippen LogP contribution is 2.48. The van der Waals surface area contributed by atoms with Crippen LogP contribution in [0.5, 0.6) is 0 Å². The molecule has 1 aliphatic heterocycles. The van der Waals surface area contributed by atoms with E-state index in [1.807, 2.05) is 0 Å². The molecule has 0 unspecified atom stereocenters. The molecule has 104 valence electrons. The van der Waals surface area contributed by atoms with Crippen molar-refractivity contribution in [3.8, 4) is 0 Å². The summed E-state index contributed by atoms with van der Waals surface area (Å²) in [6, 6.07) is 0. The zero-order valence-corrected chi connectivity index (χ0v) is 12.3. The van der Waals surface area contributed by atoms with Crippen LogP contribution < -0.4 is 10.6 Å². The van der Waals surface area contributed by atoms with Crippen molar-refractivity contribution in [2.24, 2.45) is 17.8 Å². The number of hydrogen-bond acceptors (Lipinski definition) is 3. The second kappa shape index (κ2) is 6.62. The van der Waals surface area contributed by atoms with E-state index in [1.165, 1.54) is 70.5 Å². The summed E-state index contributed by atoms with van der Waals surface area (Å²) in [7, 11) is 0. The smallest absolute Gasteiger partial charge is 0.00716 e. The lowest BCUT2D eigenvalue weighted by Gasteiger charge is -2.22. The average molecular weight is 268 g/mol. The molecule has 0 bridgehead atoms. The summed E-state index contributed by atoms with van der Waals surface area (Å²) in [5.41, 5.74) is 0. The fourth-order valence-electron chi connectivity index (χ4n) is 3.30. The van der Waals surface area contributed by atoms with Gasteiger partial charge in [0, 0.05) is 17.5 Å². The van der Waals surface area contributed by atoms with Crippen molar-refractivity contribution in [1.82, 2.24) is 10.6 Å². The molecule has 0 atom stereocenters. The van der Waals surface area contributed by atoms with Crippen LogP contribution in [-0.2, 0) is 0 Å². The molecule has 0 radical (unpaired) electrons. The van der Waals surface area contributed by atoms with Gasteiger partial charge in [-0.1, -0.05) is 0 Å². The number of rotatable bonds is 8. The zero-order valence-electron chi connectivity index (χ0n) is 11.5. The lowest BCUT2D eigenvalue weighted by molar-refractivity contribution is 0.383. The highest BCUT2D eigenvalue weighted by molar-refractivity contribution is 7.99. The van der Waals surface area contributed by atoms with Crippen molar-refractivity contribution in [3.05, 3.63) is 0 Å². The summed E-state index contributed by atoms with van der Waals surface area (Å²) in [5, 5.41) is 8.10. The van der Waals surface area contributed by atoms with E-state index in [-0.39, 0.29) is 0 Å². The molecule has 0 aromatic carbocycles. The van der Waals surface area contributed by atoms with E-state index in [9.17, 15) is 0 Å². The molecule has 2 aliphatic carbocycles. The SMILES string of the molecule is C1CC(SCCNCC(C2CC2)C2CC2)CCN1. The molecule has 0 aromatic heterocycles. The van der Waals surface area contributed by atoms with Gasteiger partial charge in [0.1, 0.15) is 0 Å². The predicted octanol–water partition coefficient (Wildman–Crippen LogP) is 2.50. The Morgan fingerprint density at radius 3 is 2.28 bits per heavy atom. The first kappa shape index (κ1) is 13.3. The number of hydrogen-bond donors (Lipinski definition) is 2. The van der Waals surface area contributed by atoms with Crippen LogP contribution >= 0.6 is 11.8 Å². The second-order valence-corrected chi connectivity index (χ2v) is 7.77. The summed E-state index contributed by atoms with van der Waals surface area (Å²) in [6.45, 7) is 5.00. The van der Waals surface area contributed by atoms with E-state index in [1.54, 1.807) is 0 Å². The maximum atomic E-state index is 3.73. The van der Waals surface area contributed by atoms with E-state index < -0.39 is 0 Å². The Labute approximate surface area is 116 Å². The minimum absolute atomic E-state index is 0.927. The summed E-state index contributed by atoms with van der Waals surface area (Å²) in [4.78, 5) is 0. The molecule has 2 saturated carbocycles. The van der Waals surface area contributed by atoms with Gasteiger partial charge in [-0.3, -0.25) is 0 Å². The third-order valence-electron chi connectivity index (χ3n) is 4.75. The Balaban J connectivity index is 1.23. The minimum Gasteiger partial charge on any atom is -0.317 e. The number of piperidine rings is 1. The van der Waals surface area contributed by atoms with Gasteiger partial charge in [-0.05, 0) is 75.9 Å². The van der Waals surface area contributed by atoms with Crippen LogP contribution in [0.1, 0.15) is 38.5 Å². The van der Waals surface area contributed by atoms with E-state index in [2.05, 4.69) is 22.4 Å². The van der Waals surface area contributed by atoms with Gasteiger partial charge in [-0.2, -0.15) is 11.8 Å². The highest BCUT2D eigenvalue weighted by atomic mass is 32.2. The first-order valence-corrected chi connectivity index (χ1v) is 9.01. The van der Waals surface area contributed by atoms with Gasteiger partial charge in [0.15, 0.2) is 0 Å². The molecule has 0 spiro atoms. The van der Waals surface area contributed by atoms with Crippen molar-refractivity contribution < 1.29 is 0 Å². The number of nitrogens with one attached hydrogen (secondary N) is 2. The molecule has 2 nitrogen and oxygen atoms in total. The van der Waals surface area contributed by atoms with Crippen LogP contribution in [0.15, 0.2) is 0 Å². The molecular weight excluding hydrogens is 240 g/mol. The third-order valence-corrected chi connectivity index (χ3v) is 6.14. The molecule has 3 fully saturated rings. The van der Waals surface area contributed by atoms with E-state index >= 15 is 0 Å². The monoisotopic (exact) mass is 268 g/mol. The van der Waals surface area contributed by atoms with Crippen LogP contribution in [0, 0.1) is 17.8 Å². The topological polar surface area (TPSA) is 24.1 Å². The lowest BCUT2D eigenvalue weighted by Crippen LogP contribution is -2.31. The molecule has 2 N–H and O–H groups in total. The van der Waals surface area contributed by atoms with Crippen molar-refractivity contribution in [2.75, 3.05) is 31.9 Å². The Morgan fingerprint density at radius 1 is 1.00 bits per heavy atom. The Hall–Kier alpha value is 0.270. The molecule has 18 heavy (non-hydrogen) atoms. The minimum atomic E-state index is 0.927. The van der Waals surface area contributed by atoms with Gasteiger partial charge >= 0.3 is 0 Å². The van der Waals surface area contributed by atoms with Crippen molar-refractivity contribution in [1.29, 1.82) is 0 Å². The highest BCUT2D eigenvalue weighted by Gasteiger charge is 2.40. The molecule has 0 amide bonds. The maximum Gasteiger partial charge on any atom is 0.00716 e. The molecule has 3 heteroatoms. The molecule has 3 rings (SSSR count). The molecule has 3 aliphatic rings. The third kappa shape index (κ3) is 4.14. The van der Waals surface area contributed by atoms with Crippen LogP contribution in [0.25, 0.3) is 0 Å². The predicted molar refractivity (Wildman–Crippen MR) is 80.2 cm³/mol. The van der Waals surface area contributed by atoms with Crippen molar-refractivity contribution >= 4 is 11.8 Å². The van der Waals surface area contributed by atoms with Gasteiger partial charge in [-0.25, -0.2) is 0 Å². The van der Waals surface area contributed by atoms with Crippen LogP contribution in [-0.4, -0.2) is 37.2 Å². The van der Waals surface area contributed by atoms with Crippen molar-refractivity contribution in [3.63, 3.8) is 0 Å². The first-order valence-electron chi connectivity index (χ1n) is 7.96. The summed E-state index contributed by atoms with van der Waals surface area (Å²) < 4.78 is 0. The Kier molecular flexibility index (Phi) is 4.88. The standard InChI is InChI=1S/C15H28N2S/c1-2-12(1)15(13-3-4-13)11-17-9-10-18-14-5-7-16-8-6-14/h12-17H,1-11H2. The average Bonchev–Trinajstić information content (AvgIpc) is 3.29. The van der Waals surface area contributed by atoms with E-state index in [4.69, 9.17) is 0 Å². The van der Waals surface area contributed by atoms with Gasteiger partial charge in [-0.15, -0.1) is 0 Å². The quantitative estimate of drug-likeness (QED) is 0.662. The Bertz CT molecular complexity index is 233. The van der Waals surface area contributed by atoms with Gasteiger partial charge in [0.2, 0.25) is 0 Å². The molecule has 0 aromatic rings. The summed E-state index contributed by atoms with van der Waals surface area (Å²) >= 11 is 2.19. The second-order valence-electron chi connectivity index (χ2n) is 6.36. The fraction of sp³-hybridized carbons (Fsp3) is 1.00. The van der Waals surface area contributed by atoms with Crippen LogP contribution in [0.3, 0.4) is 0 Å². The molecule has 1 heterocycles. The summed E-state index contributed by atoms with van der Waals surface area (Å²) in [5.74, 6) is 4.55. The van der Waals surface area contributed by atoms with Gasteiger partial charge in [0.25, 0.3) is 0 Å². The molecular formula is C15H28N2S. The van der Waals surface area contributed by atoms with Crippen molar-refractivity contribution in [2.45, 2.75) is 43.8 Å².